The number of likely N-dealkylation sites (tertiary alicyclic amines) is 1. The number of fused-ring (bicyclic) bond motifs is 1. The molecule has 2 atom stereocenters. The summed E-state index contributed by atoms with van der Waals surface area (Å²) < 4.78 is 52.6. The first-order valence-corrected chi connectivity index (χ1v) is 13.2. The topological polar surface area (TPSA) is 59.0 Å². The molecule has 2 fully saturated rings. The molecule has 9 heteroatoms. The van der Waals surface area contributed by atoms with E-state index in [0.717, 1.165) is 24.8 Å². The summed E-state index contributed by atoms with van der Waals surface area (Å²) in [6.07, 6.45) is 4.61. The maximum atomic E-state index is 15.9. The monoisotopic (exact) mass is 537 g/mol. The summed E-state index contributed by atoms with van der Waals surface area (Å²) in [5, 5.41) is 10.1. The first kappa shape index (κ1) is 26.2. The lowest BCUT2D eigenvalue weighted by Gasteiger charge is -2.45. The van der Waals surface area contributed by atoms with Crippen LogP contribution in [0.4, 0.5) is 13.2 Å². The van der Waals surface area contributed by atoms with Crippen LogP contribution in [-0.2, 0) is 17.8 Å². The van der Waals surface area contributed by atoms with Crippen LogP contribution in [0.5, 0.6) is 11.5 Å². The molecule has 1 saturated carbocycles. The van der Waals surface area contributed by atoms with Gasteiger partial charge < -0.3 is 14.6 Å². The van der Waals surface area contributed by atoms with Gasteiger partial charge in [-0.1, -0.05) is 30.7 Å². The van der Waals surface area contributed by atoms with Crippen LogP contribution >= 0.6 is 11.6 Å². The van der Waals surface area contributed by atoms with Gasteiger partial charge in [0.2, 0.25) is 0 Å². The molecule has 200 valence electrons. The molecule has 0 amide bonds. The minimum Gasteiger partial charge on any atom is -0.484 e. The standard InChI is InChI=1S/C28H31ClF3NO4/c1-16(26(34)35)23(17-2-3-17)21-6-4-18-8-9-28(37-25(18)24(21)30)10-12-33(13-11-28)15-19-14-20(29)5-7-22(19)36-27(31)32/h4-7,14,16-17,23,27H,2-3,8-13,15H2,1H3,(H,34,35)/t16-,23?/m0/s1. The highest BCUT2D eigenvalue weighted by atomic mass is 35.5. The number of carboxylic acids is 1. The second kappa shape index (κ2) is 10.4. The Kier molecular flexibility index (Phi) is 7.33. The third kappa shape index (κ3) is 5.55. The molecule has 5 nitrogen and oxygen atoms in total. The number of carboxylic acid groups (broad SMARTS) is 1. The number of alkyl halides is 2. The van der Waals surface area contributed by atoms with Crippen LogP contribution in [0.2, 0.25) is 5.02 Å². The molecule has 5 rings (SSSR count). The Balaban J connectivity index is 1.30. The van der Waals surface area contributed by atoms with Gasteiger partial charge in [-0.15, -0.1) is 0 Å². The predicted molar refractivity (Wildman–Crippen MR) is 133 cm³/mol. The summed E-state index contributed by atoms with van der Waals surface area (Å²) in [4.78, 5) is 13.9. The minimum atomic E-state index is -2.92. The molecular weight excluding hydrogens is 507 g/mol. The molecule has 0 radical (unpaired) electrons. The first-order valence-electron chi connectivity index (χ1n) is 12.8. The van der Waals surface area contributed by atoms with Crippen molar-refractivity contribution in [1.29, 1.82) is 0 Å². The molecule has 1 saturated heterocycles. The summed E-state index contributed by atoms with van der Waals surface area (Å²) in [5.74, 6) is -1.82. The normalized spacial score (nSPS) is 20.8. The zero-order valence-electron chi connectivity index (χ0n) is 20.7. The van der Waals surface area contributed by atoms with E-state index < -0.39 is 29.9 Å². The summed E-state index contributed by atoms with van der Waals surface area (Å²) in [6, 6.07) is 8.27. The number of aryl methyl sites for hydroxylation is 1. The number of ether oxygens (including phenoxy) is 2. The third-order valence-electron chi connectivity index (χ3n) is 8.19. The summed E-state index contributed by atoms with van der Waals surface area (Å²) >= 11 is 6.10. The number of rotatable bonds is 8. The van der Waals surface area contributed by atoms with E-state index >= 15 is 4.39 Å². The Bertz CT molecular complexity index is 1160. The van der Waals surface area contributed by atoms with Crippen molar-refractivity contribution in [2.24, 2.45) is 11.8 Å². The van der Waals surface area contributed by atoms with Gasteiger partial charge in [0, 0.05) is 36.1 Å². The van der Waals surface area contributed by atoms with Crippen LogP contribution < -0.4 is 9.47 Å². The Labute approximate surface area is 219 Å². The second-order valence-corrected chi connectivity index (χ2v) is 11.1. The van der Waals surface area contributed by atoms with Crippen molar-refractivity contribution in [3.63, 3.8) is 0 Å². The molecule has 3 aliphatic rings. The molecule has 2 aromatic carbocycles. The van der Waals surface area contributed by atoms with Gasteiger partial charge in [-0.2, -0.15) is 8.78 Å². The largest absolute Gasteiger partial charge is 0.484 e. The van der Waals surface area contributed by atoms with Crippen molar-refractivity contribution in [2.75, 3.05) is 13.1 Å². The summed E-state index contributed by atoms with van der Waals surface area (Å²) in [6.45, 7) is 0.443. The van der Waals surface area contributed by atoms with Gasteiger partial charge in [0.05, 0.1) is 5.92 Å². The number of nitrogens with zero attached hydrogens (tertiary/aromatic N) is 1. The Hall–Kier alpha value is -2.45. The van der Waals surface area contributed by atoms with E-state index in [1.165, 1.54) is 12.1 Å². The predicted octanol–water partition coefficient (Wildman–Crippen LogP) is 6.65. The number of hydrogen-bond donors (Lipinski definition) is 1. The van der Waals surface area contributed by atoms with Crippen LogP contribution in [0.15, 0.2) is 30.3 Å². The van der Waals surface area contributed by atoms with Crippen molar-refractivity contribution >= 4 is 17.6 Å². The number of benzene rings is 2. The van der Waals surface area contributed by atoms with Crippen LogP contribution in [0.3, 0.4) is 0 Å². The number of carbonyl (C=O) groups is 1. The van der Waals surface area contributed by atoms with Crippen molar-refractivity contribution in [3.8, 4) is 11.5 Å². The molecule has 1 aliphatic carbocycles. The van der Waals surface area contributed by atoms with Gasteiger partial charge in [0.15, 0.2) is 11.6 Å². The molecule has 1 spiro atoms. The molecule has 2 aliphatic heterocycles. The zero-order chi connectivity index (χ0) is 26.3. The maximum Gasteiger partial charge on any atom is 0.387 e. The third-order valence-corrected chi connectivity index (χ3v) is 8.43. The lowest BCUT2D eigenvalue weighted by Crippen LogP contribution is -2.49. The molecule has 2 heterocycles. The SMILES string of the molecule is C[C@H](C(=O)O)C(c1ccc2c(c1F)OC1(CC2)CCN(Cc2cc(Cl)ccc2OC(F)F)CC1)C1CC1. The minimum absolute atomic E-state index is 0.109. The second-order valence-electron chi connectivity index (χ2n) is 10.6. The van der Waals surface area contributed by atoms with Gasteiger partial charge >= 0.3 is 12.6 Å². The highest BCUT2D eigenvalue weighted by Crippen LogP contribution is 2.50. The molecule has 0 aromatic heterocycles. The fourth-order valence-electron chi connectivity index (χ4n) is 5.94. The van der Waals surface area contributed by atoms with E-state index in [4.69, 9.17) is 16.3 Å². The molecule has 1 unspecified atom stereocenters. The smallest absolute Gasteiger partial charge is 0.387 e. The molecule has 37 heavy (non-hydrogen) atoms. The van der Waals surface area contributed by atoms with Crippen molar-refractivity contribution in [1.82, 2.24) is 4.90 Å². The molecule has 1 N–H and O–H groups in total. The Morgan fingerprint density at radius 1 is 1.22 bits per heavy atom. The van der Waals surface area contributed by atoms with E-state index in [2.05, 4.69) is 9.64 Å². The van der Waals surface area contributed by atoms with Crippen LogP contribution in [-0.4, -0.2) is 41.3 Å². The van der Waals surface area contributed by atoms with Gasteiger partial charge in [0.1, 0.15) is 11.4 Å². The molecular formula is C28H31ClF3NO4. The van der Waals surface area contributed by atoms with E-state index in [9.17, 15) is 18.7 Å². The lowest BCUT2D eigenvalue weighted by molar-refractivity contribution is -0.142. The molecule has 0 bridgehead atoms. The van der Waals surface area contributed by atoms with Crippen molar-refractivity contribution in [2.45, 2.75) is 70.1 Å². The maximum absolute atomic E-state index is 15.9. The first-order chi connectivity index (χ1) is 17.7. The number of hydrogen-bond acceptors (Lipinski definition) is 4. The van der Waals surface area contributed by atoms with Crippen LogP contribution in [0.25, 0.3) is 0 Å². The van der Waals surface area contributed by atoms with Gasteiger partial charge in [0.25, 0.3) is 0 Å². The van der Waals surface area contributed by atoms with Gasteiger partial charge in [-0.3, -0.25) is 9.69 Å². The lowest BCUT2D eigenvalue weighted by atomic mass is 9.80. The van der Waals surface area contributed by atoms with Crippen LogP contribution in [0.1, 0.15) is 61.6 Å². The van der Waals surface area contributed by atoms with Crippen molar-refractivity contribution < 1.29 is 32.5 Å². The van der Waals surface area contributed by atoms with E-state index in [1.54, 1.807) is 19.1 Å². The Morgan fingerprint density at radius 2 is 1.95 bits per heavy atom. The average molecular weight is 538 g/mol. The highest BCUT2D eigenvalue weighted by Gasteiger charge is 2.44. The van der Waals surface area contributed by atoms with Crippen LogP contribution in [0, 0.1) is 17.7 Å². The fraction of sp³-hybridized carbons (Fsp3) is 0.536. The number of aliphatic carboxylic acids is 1. The zero-order valence-corrected chi connectivity index (χ0v) is 21.4. The van der Waals surface area contributed by atoms with E-state index in [1.807, 2.05) is 6.07 Å². The highest BCUT2D eigenvalue weighted by molar-refractivity contribution is 6.30. The van der Waals surface area contributed by atoms with E-state index in [0.29, 0.717) is 55.0 Å². The summed E-state index contributed by atoms with van der Waals surface area (Å²) in [7, 11) is 0. The fourth-order valence-corrected chi connectivity index (χ4v) is 6.14. The van der Waals surface area contributed by atoms with Gasteiger partial charge in [-0.05, 0) is 73.8 Å². The van der Waals surface area contributed by atoms with E-state index in [-0.39, 0.29) is 23.3 Å². The Morgan fingerprint density at radius 3 is 2.59 bits per heavy atom. The number of halogens is 4. The molecule has 2 aromatic rings. The quantitative estimate of drug-likeness (QED) is 0.408. The average Bonchev–Trinajstić information content (AvgIpc) is 3.69. The van der Waals surface area contributed by atoms with Crippen molar-refractivity contribution in [3.05, 3.63) is 57.9 Å². The number of piperidine rings is 1. The van der Waals surface area contributed by atoms with Gasteiger partial charge in [-0.25, -0.2) is 4.39 Å². The summed E-state index contributed by atoms with van der Waals surface area (Å²) in [5.41, 5.74) is 1.35.